The molecule has 1 atom stereocenters. The molecule has 1 heterocycles. The Hall–Kier alpha value is -2.11. The number of aliphatic hydroxyl groups is 1. The molecule has 0 aliphatic carbocycles. The standard InChI is InChI=1S/C18H21ClN2O3/c1-13-16(19)6-4-7-17(13)24-12-18(23)21-10-14(11-22)9-15-5-2-3-8-20-15/h2-8,14,22H,9-12H2,1H3,(H,21,23). The van der Waals surface area contributed by atoms with Crippen molar-refractivity contribution < 1.29 is 14.6 Å². The number of nitrogens with zero attached hydrogens (tertiary/aromatic N) is 1. The molecule has 0 saturated carbocycles. The Morgan fingerprint density at radius 1 is 1.33 bits per heavy atom. The van der Waals surface area contributed by atoms with Gasteiger partial charge in [-0.25, -0.2) is 0 Å². The van der Waals surface area contributed by atoms with Crippen molar-refractivity contribution in [3.63, 3.8) is 0 Å². The fourth-order valence-electron chi connectivity index (χ4n) is 2.21. The highest BCUT2D eigenvalue weighted by Crippen LogP contribution is 2.24. The number of amides is 1. The first-order valence-electron chi connectivity index (χ1n) is 7.75. The van der Waals surface area contributed by atoms with Gasteiger partial charge in [-0.05, 0) is 37.6 Å². The topological polar surface area (TPSA) is 71.5 Å². The quantitative estimate of drug-likeness (QED) is 0.768. The van der Waals surface area contributed by atoms with Gasteiger partial charge in [0.25, 0.3) is 5.91 Å². The smallest absolute Gasteiger partial charge is 0.257 e. The van der Waals surface area contributed by atoms with Crippen LogP contribution in [0.25, 0.3) is 0 Å². The van der Waals surface area contributed by atoms with Gasteiger partial charge in [0.1, 0.15) is 5.75 Å². The van der Waals surface area contributed by atoms with Crippen LogP contribution in [0.2, 0.25) is 5.02 Å². The molecule has 0 spiro atoms. The maximum absolute atomic E-state index is 11.9. The Morgan fingerprint density at radius 3 is 2.88 bits per heavy atom. The number of carbonyl (C=O) groups is 1. The van der Waals surface area contributed by atoms with Gasteiger partial charge in [0.15, 0.2) is 6.61 Å². The van der Waals surface area contributed by atoms with Crippen LogP contribution in [0.5, 0.6) is 5.75 Å². The Kier molecular flexibility index (Phi) is 7.03. The van der Waals surface area contributed by atoms with E-state index >= 15 is 0 Å². The molecule has 1 aromatic heterocycles. The molecule has 24 heavy (non-hydrogen) atoms. The van der Waals surface area contributed by atoms with E-state index in [9.17, 15) is 9.90 Å². The second-order valence-electron chi connectivity index (χ2n) is 5.53. The van der Waals surface area contributed by atoms with Crippen molar-refractivity contribution in [1.82, 2.24) is 10.3 Å². The van der Waals surface area contributed by atoms with E-state index < -0.39 is 0 Å². The second-order valence-corrected chi connectivity index (χ2v) is 5.94. The van der Waals surface area contributed by atoms with Crippen LogP contribution in [0.4, 0.5) is 0 Å². The summed E-state index contributed by atoms with van der Waals surface area (Å²) in [7, 11) is 0. The summed E-state index contributed by atoms with van der Waals surface area (Å²) >= 11 is 6.01. The molecule has 6 heteroatoms. The fraction of sp³-hybridized carbons (Fsp3) is 0.333. The van der Waals surface area contributed by atoms with Gasteiger partial charge >= 0.3 is 0 Å². The lowest BCUT2D eigenvalue weighted by atomic mass is 10.0. The van der Waals surface area contributed by atoms with Gasteiger partial charge in [0.05, 0.1) is 0 Å². The van der Waals surface area contributed by atoms with Crippen molar-refractivity contribution in [3.8, 4) is 5.75 Å². The predicted molar refractivity (Wildman–Crippen MR) is 93.2 cm³/mol. The summed E-state index contributed by atoms with van der Waals surface area (Å²) in [6, 6.07) is 11.0. The number of benzene rings is 1. The normalized spacial score (nSPS) is 11.8. The van der Waals surface area contributed by atoms with Crippen LogP contribution >= 0.6 is 11.6 Å². The zero-order valence-electron chi connectivity index (χ0n) is 13.5. The number of carbonyl (C=O) groups excluding carboxylic acids is 1. The highest BCUT2D eigenvalue weighted by Gasteiger charge is 2.12. The van der Waals surface area contributed by atoms with Crippen molar-refractivity contribution >= 4 is 17.5 Å². The number of nitrogens with one attached hydrogen (secondary N) is 1. The van der Waals surface area contributed by atoms with E-state index in [1.165, 1.54) is 0 Å². The summed E-state index contributed by atoms with van der Waals surface area (Å²) in [6.45, 7) is 2.09. The van der Waals surface area contributed by atoms with Crippen LogP contribution in [0.1, 0.15) is 11.3 Å². The summed E-state index contributed by atoms with van der Waals surface area (Å²) in [4.78, 5) is 16.1. The maximum atomic E-state index is 11.9. The summed E-state index contributed by atoms with van der Waals surface area (Å²) < 4.78 is 5.49. The van der Waals surface area contributed by atoms with E-state index in [0.29, 0.717) is 23.7 Å². The summed E-state index contributed by atoms with van der Waals surface area (Å²) in [6.07, 6.45) is 2.31. The highest BCUT2D eigenvalue weighted by atomic mass is 35.5. The summed E-state index contributed by atoms with van der Waals surface area (Å²) in [5.41, 5.74) is 1.69. The van der Waals surface area contributed by atoms with Crippen LogP contribution in [0.3, 0.4) is 0 Å². The number of rotatable bonds is 8. The molecule has 1 amide bonds. The average molecular weight is 349 g/mol. The molecule has 0 saturated heterocycles. The van der Waals surface area contributed by atoms with Gasteiger partial charge in [-0.15, -0.1) is 0 Å². The lowest BCUT2D eigenvalue weighted by Crippen LogP contribution is -2.35. The number of aliphatic hydroxyl groups excluding tert-OH is 1. The van der Waals surface area contributed by atoms with Gasteiger partial charge in [0.2, 0.25) is 0 Å². The zero-order valence-corrected chi connectivity index (χ0v) is 14.3. The number of hydrogen-bond acceptors (Lipinski definition) is 4. The molecule has 1 aromatic carbocycles. The largest absolute Gasteiger partial charge is 0.483 e. The molecule has 0 radical (unpaired) electrons. The molecule has 1 unspecified atom stereocenters. The molecule has 128 valence electrons. The van der Waals surface area contributed by atoms with Crippen LogP contribution in [-0.4, -0.2) is 35.8 Å². The van der Waals surface area contributed by atoms with E-state index in [-0.39, 0.29) is 25.0 Å². The Balaban J connectivity index is 1.78. The van der Waals surface area contributed by atoms with Gasteiger partial charge in [-0.3, -0.25) is 9.78 Å². The van der Waals surface area contributed by atoms with Crippen LogP contribution in [0.15, 0.2) is 42.6 Å². The molecular formula is C18H21ClN2O3. The molecule has 0 bridgehead atoms. The lowest BCUT2D eigenvalue weighted by Gasteiger charge is -2.15. The summed E-state index contributed by atoms with van der Waals surface area (Å²) in [5, 5.41) is 12.8. The average Bonchev–Trinajstić information content (AvgIpc) is 2.60. The SMILES string of the molecule is Cc1c(Cl)cccc1OCC(=O)NCC(CO)Cc1ccccn1. The number of hydrogen-bond donors (Lipinski definition) is 2. The van der Waals surface area contributed by atoms with E-state index in [1.807, 2.05) is 25.1 Å². The molecule has 2 N–H and O–H groups in total. The number of pyridine rings is 1. The third kappa shape index (κ3) is 5.51. The molecule has 0 aliphatic rings. The molecular weight excluding hydrogens is 328 g/mol. The third-order valence-electron chi connectivity index (χ3n) is 3.65. The van der Waals surface area contributed by atoms with Crippen molar-refractivity contribution in [1.29, 1.82) is 0 Å². The summed E-state index contributed by atoms with van der Waals surface area (Å²) in [5.74, 6) is 0.260. The van der Waals surface area contributed by atoms with Gasteiger partial charge < -0.3 is 15.2 Å². The minimum absolute atomic E-state index is 0.0227. The third-order valence-corrected chi connectivity index (χ3v) is 4.06. The van der Waals surface area contributed by atoms with Gasteiger partial charge in [-0.2, -0.15) is 0 Å². The molecule has 2 aromatic rings. The lowest BCUT2D eigenvalue weighted by molar-refractivity contribution is -0.123. The Morgan fingerprint density at radius 2 is 2.17 bits per heavy atom. The minimum Gasteiger partial charge on any atom is -0.483 e. The monoisotopic (exact) mass is 348 g/mol. The first-order valence-corrected chi connectivity index (χ1v) is 8.13. The Labute approximate surface area is 146 Å². The minimum atomic E-state index is -0.242. The first kappa shape index (κ1) is 18.2. The number of aromatic nitrogens is 1. The first-order chi connectivity index (χ1) is 11.6. The fourth-order valence-corrected chi connectivity index (χ4v) is 2.38. The van der Waals surface area contributed by atoms with Crippen LogP contribution < -0.4 is 10.1 Å². The van der Waals surface area contributed by atoms with Crippen molar-refractivity contribution in [3.05, 3.63) is 58.9 Å². The van der Waals surface area contributed by atoms with Gasteiger partial charge in [-0.1, -0.05) is 23.7 Å². The Bertz CT molecular complexity index is 665. The van der Waals surface area contributed by atoms with E-state index in [4.69, 9.17) is 16.3 Å². The molecule has 2 rings (SSSR count). The number of halogens is 1. The van der Waals surface area contributed by atoms with Crippen molar-refractivity contribution in [2.75, 3.05) is 19.8 Å². The van der Waals surface area contributed by atoms with E-state index in [0.717, 1.165) is 11.3 Å². The van der Waals surface area contributed by atoms with Gasteiger partial charge in [0, 0.05) is 41.5 Å². The maximum Gasteiger partial charge on any atom is 0.257 e. The van der Waals surface area contributed by atoms with Crippen molar-refractivity contribution in [2.45, 2.75) is 13.3 Å². The molecule has 5 nitrogen and oxygen atoms in total. The second kappa shape index (κ2) is 9.25. The van der Waals surface area contributed by atoms with E-state index in [1.54, 1.807) is 24.4 Å². The zero-order chi connectivity index (χ0) is 17.4. The van der Waals surface area contributed by atoms with Crippen LogP contribution in [-0.2, 0) is 11.2 Å². The molecule has 0 aliphatic heterocycles. The molecule has 0 fully saturated rings. The predicted octanol–water partition coefficient (Wildman–Crippen LogP) is 2.39. The highest BCUT2D eigenvalue weighted by molar-refractivity contribution is 6.31. The van der Waals surface area contributed by atoms with E-state index in [2.05, 4.69) is 10.3 Å². The number of ether oxygens (including phenoxy) is 1. The van der Waals surface area contributed by atoms with Crippen molar-refractivity contribution in [2.24, 2.45) is 5.92 Å². The van der Waals surface area contributed by atoms with Crippen LogP contribution in [0, 0.1) is 12.8 Å².